The lowest BCUT2D eigenvalue weighted by molar-refractivity contribution is -0.131. The van der Waals surface area contributed by atoms with Gasteiger partial charge in [-0.1, -0.05) is 13.8 Å². The second-order valence-electron chi connectivity index (χ2n) is 4.15. The molecule has 0 aliphatic carbocycles. The number of ether oxygens (including phenoxy) is 1. The van der Waals surface area contributed by atoms with Crippen molar-refractivity contribution >= 4 is 5.91 Å². The van der Waals surface area contributed by atoms with Crippen LogP contribution >= 0.6 is 0 Å². The quantitative estimate of drug-likeness (QED) is 0.587. The lowest BCUT2D eigenvalue weighted by atomic mass is 9.81. The lowest BCUT2D eigenvalue weighted by Gasteiger charge is -2.28. The number of carbonyl (C=O) groups excluding carboxylic acids is 1. The molecule has 0 saturated carbocycles. The van der Waals surface area contributed by atoms with Gasteiger partial charge in [0.15, 0.2) is 0 Å². The van der Waals surface area contributed by atoms with Crippen LogP contribution in [0.2, 0.25) is 0 Å². The van der Waals surface area contributed by atoms with Crippen LogP contribution in [0.25, 0.3) is 0 Å². The molecule has 0 aromatic rings. The maximum absolute atomic E-state index is 12.0. The van der Waals surface area contributed by atoms with Gasteiger partial charge in [-0.25, -0.2) is 0 Å². The van der Waals surface area contributed by atoms with Gasteiger partial charge in [-0.3, -0.25) is 4.79 Å². The Balaban J connectivity index is 3.93. The largest absolute Gasteiger partial charge is 0.385 e. The number of hydrogen-bond acceptors (Lipinski definition) is 3. The normalized spacial score (nSPS) is 11.5. The van der Waals surface area contributed by atoms with Gasteiger partial charge in [0, 0.05) is 26.8 Å². The Bertz CT molecular complexity index is 183. The molecule has 0 heterocycles. The predicted octanol–water partition coefficient (Wildman–Crippen LogP) is 1.29. The molecule has 1 amide bonds. The molecule has 0 spiro atoms. The summed E-state index contributed by atoms with van der Waals surface area (Å²) in [6, 6.07) is 0. The molecule has 0 atom stereocenters. The highest BCUT2D eigenvalue weighted by Gasteiger charge is 2.32. The number of unbranched alkanes of at least 4 members (excludes halogenated alkanes) is 1. The molecule has 3 N–H and O–H groups in total. The molecular weight excluding hydrogens is 204 g/mol. The van der Waals surface area contributed by atoms with E-state index in [0.29, 0.717) is 13.1 Å². The minimum Gasteiger partial charge on any atom is -0.385 e. The summed E-state index contributed by atoms with van der Waals surface area (Å²) < 4.78 is 4.95. The predicted molar refractivity (Wildman–Crippen MR) is 66.2 cm³/mol. The fourth-order valence-electron chi connectivity index (χ4n) is 1.71. The number of amides is 1. The van der Waals surface area contributed by atoms with Gasteiger partial charge in [0.05, 0.1) is 5.41 Å². The monoisotopic (exact) mass is 230 g/mol. The number of hydrogen-bond donors (Lipinski definition) is 2. The Morgan fingerprint density at radius 2 is 1.94 bits per heavy atom. The van der Waals surface area contributed by atoms with Crippen molar-refractivity contribution in [1.82, 2.24) is 5.32 Å². The van der Waals surface area contributed by atoms with Gasteiger partial charge in [0.25, 0.3) is 0 Å². The van der Waals surface area contributed by atoms with Crippen molar-refractivity contribution in [2.24, 2.45) is 11.1 Å². The van der Waals surface area contributed by atoms with E-state index in [1.54, 1.807) is 7.11 Å². The first-order valence-corrected chi connectivity index (χ1v) is 6.14. The van der Waals surface area contributed by atoms with E-state index >= 15 is 0 Å². The third kappa shape index (κ3) is 4.49. The van der Waals surface area contributed by atoms with Crippen LogP contribution in [0.15, 0.2) is 0 Å². The number of nitrogens with two attached hydrogens (primary N) is 1. The Morgan fingerprint density at radius 3 is 2.38 bits per heavy atom. The molecule has 0 saturated heterocycles. The number of rotatable bonds is 9. The van der Waals surface area contributed by atoms with E-state index in [-0.39, 0.29) is 11.3 Å². The first-order chi connectivity index (χ1) is 7.66. The Hall–Kier alpha value is -0.610. The van der Waals surface area contributed by atoms with Gasteiger partial charge in [0.2, 0.25) is 5.91 Å². The molecular formula is C12H26N2O2. The summed E-state index contributed by atoms with van der Waals surface area (Å²) in [5, 5.41) is 2.96. The van der Waals surface area contributed by atoms with E-state index in [1.165, 1.54) is 0 Å². The van der Waals surface area contributed by atoms with Crippen LogP contribution in [0.5, 0.6) is 0 Å². The van der Waals surface area contributed by atoms with Crippen molar-refractivity contribution < 1.29 is 9.53 Å². The highest BCUT2D eigenvalue weighted by atomic mass is 16.5. The molecule has 0 rings (SSSR count). The summed E-state index contributed by atoms with van der Waals surface area (Å²) in [6.07, 6.45) is 3.52. The second kappa shape index (κ2) is 8.53. The SMILES string of the molecule is CCC(CC)(CN)C(=O)NCCCCOC. The minimum absolute atomic E-state index is 0.0948. The third-order valence-electron chi connectivity index (χ3n) is 3.29. The fraction of sp³-hybridized carbons (Fsp3) is 0.917. The van der Waals surface area contributed by atoms with Crippen LogP contribution < -0.4 is 11.1 Å². The Kier molecular flexibility index (Phi) is 8.21. The van der Waals surface area contributed by atoms with Gasteiger partial charge >= 0.3 is 0 Å². The molecule has 0 aromatic carbocycles. The molecule has 4 nitrogen and oxygen atoms in total. The van der Waals surface area contributed by atoms with Crippen LogP contribution in [0, 0.1) is 5.41 Å². The summed E-state index contributed by atoms with van der Waals surface area (Å²) in [4.78, 5) is 12.0. The van der Waals surface area contributed by atoms with E-state index < -0.39 is 0 Å². The Morgan fingerprint density at radius 1 is 1.31 bits per heavy atom. The first kappa shape index (κ1) is 15.4. The zero-order chi connectivity index (χ0) is 12.4. The maximum atomic E-state index is 12.0. The van der Waals surface area contributed by atoms with E-state index in [0.717, 1.165) is 32.3 Å². The lowest BCUT2D eigenvalue weighted by Crippen LogP contribution is -2.45. The molecule has 0 aliphatic rings. The molecule has 0 radical (unpaired) electrons. The number of nitrogens with one attached hydrogen (secondary N) is 1. The molecule has 4 heteroatoms. The topological polar surface area (TPSA) is 64.4 Å². The number of carbonyl (C=O) groups is 1. The van der Waals surface area contributed by atoms with E-state index in [4.69, 9.17) is 10.5 Å². The smallest absolute Gasteiger partial charge is 0.227 e. The second-order valence-corrected chi connectivity index (χ2v) is 4.15. The van der Waals surface area contributed by atoms with Gasteiger partial charge in [0.1, 0.15) is 0 Å². The highest BCUT2D eigenvalue weighted by molar-refractivity contribution is 5.82. The zero-order valence-corrected chi connectivity index (χ0v) is 10.8. The minimum atomic E-state index is -0.374. The van der Waals surface area contributed by atoms with Crippen molar-refractivity contribution in [2.75, 3.05) is 26.8 Å². The van der Waals surface area contributed by atoms with Crippen molar-refractivity contribution in [3.05, 3.63) is 0 Å². The van der Waals surface area contributed by atoms with Gasteiger partial charge in [-0.2, -0.15) is 0 Å². The van der Waals surface area contributed by atoms with Crippen molar-refractivity contribution in [2.45, 2.75) is 39.5 Å². The fourth-order valence-corrected chi connectivity index (χ4v) is 1.71. The van der Waals surface area contributed by atoms with Crippen molar-refractivity contribution in [3.8, 4) is 0 Å². The van der Waals surface area contributed by atoms with Crippen molar-refractivity contribution in [1.29, 1.82) is 0 Å². The van der Waals surface area contributed by atoms with E-state index in [1.807, 2.05) is 13.8 Å². The van der Waals surface area contributed by atoms with E-state index in [9.17, 15) is 4.79 Å². The maximum Gasteiger partial charge on any atom is 0.227 e. The van der Waals surface area contributed by atoms with Crippen molar-refractivity contribution in [3.63, 3.8) is 0 Å². The molecule has 0 fully saturated rings. The van der Waals surface area contributed by atoms with Crippen LogP contribution in [0.3, 0.4) is 0 Å². The molecule has 16 heavy (non-hydrogen) atoms. The average Bonchev–Trinajstić information content (AvgIpc) is 2.32. The Labute approximate surface area is 98.9 Å². The number of methoxy groups -OCH3 is 1. The summed E-state index contributed by atoms with van der Waals surface area (Å²) in [5.74, 6) is 0.0948. The standard InChI is InChI=1S/C12H26N2O2/c1-4-12(5-2,10-13)11(15)14-8-6-7-9-16-3/h4-10,13H2,1-3H3,(H,14,15). The average molecular weight is 230 g/mol. The van der Waals surface area contributed by atoms with Crippen LogP contribution in [-0.2, 0) is 9.53 Å². The van der Waals surface area contributed by atoms with Crippen LogP contribution in [0.4, 0.5) is 0 Å². The molecule has 0 aliphatic heterocycles. The van der Waals surface area contributed by atoms with Gasteiger partial charge in [-0.15, -0.1) is 0 Å². The first-order valence-electron chi connectivity index (χ1n) is 6.14. The summed E-state index contributed by atoms with van der Waals surface area (Å²) >= 11 is 0. The summed E-state index contributed by atoms with van der Waals surface area (Å²) in [6.45, 7) is 5.91. The molecule has 0 bridgehead atoms. The third-order valence-corrected chi connectivity index (χ3v) is 3.29. The van der Waals surface area contributed by atoms with Crippen LogP contribution in [-0.4, -0.2) is 32.7 Å². The van der Waals surface area contributed by atoms with E-state index in [2.05, 4.69) is 5.32 Å². The molecule has 0 aromatic heterocycles. The summed E-state index contributed by atoms with van der Waals surface area (Å²) in [5.41, 5.74) is 5.33. The van der Waals surface area contributed by atoms with Crippen LogP contribution in [0.1, 0.15) is 39.5 Å². The van der Waals surface area contributed by atoms with Gasteiger partial charge in [-0.05, 0) is 25.7 Å². The summed E-state index contributed by atoms with van der Waals surface area (Å²) in [7, 11) is 1.69. The molecule has 96 valence electrons. The highest BCUT2D eigenvalue weighted by Crippen LogP contribution is 2.24. The molecule has 0 unspecified atom stereocenters. The van der Waals surface area contributed by atoms with Gasteiger partial charge < -0.3 is 15.8 Å². The zero-order valence-electron chi connectivity index (χ0n) is 10.8.